The number of hydrogen-bond donors (Lipinski definition) is 0. The smallest absolute Gasteiger partial charge is 0.0708 e. The van der Waals surface area contributed by atoms with E-state index in [4.69, 9.17) is 15.0 Å². The van der Waals surface area contributed by atoms with Crippen LogP contribution in [0.25, 0.3) is 99.8 Å². The Kier molecular flexibility index (Phi) is 12.3. The molecule has 0 aliphatic carbocycles. The van der Waals surface area contributed by atoms with Crippen LogP contribution < -0.4 is 0 Å². The Hall–Kier alpha value is -9.05. The van der Waals surface area contributed by atoms with Gasteiger partial charge in [0.25, 0.3) is 0 Å². The molecule has 3 heteroatoms. The van der Waals surface area contributed by atoms with Crippen LogP contribution in [0.1, 0.15) is 22.3 Å². The van der Waals surface area contributed by atoms with E-state index in [0.717, 1.165) is 81.7 Å². The second-order valence-electron chi connectivity index (χ2n) is 18.7. The van der Waals surface area contributed by atoms with E-state index in [-0.39, 0.29) is 0 Å². The Morgan fingerprint density at radius 3 is 1.40 bits per heavy atom. The van der Waals surface area contributed by atoms with Crippen molar-refractivity contribution in [2.24, 2.45) is 0 Å². The molecule has 0 spiro atoms. The second-order valence-corrected chi connectivity index (χ2v) is 18.7. The van der Waals surface area contributed by atoms with E-state index in [1.165, 1.54) is 66.1 Å². The fourth-order valence-electron chi connectivity index (χ4n) is 10.2. The lowest BCUT2D eigenvalue weighted by Gasteiger charge is -2.18. The van der Waals surface area contributed by atoms with E-state index >= 15 is 0 Å². The van der Waals surface area contributed by atoms with E-state index < -0.39 is 0 Å². The molecule has 0 aliphatic heterocycles. The summed E-state index contributed by atoms with van der Waals surface area (Å²) in [4.78, 5) is 15.0. The van der Waals surface area contributed by atoms with Gasteiger partial charge in [0.05, 0.1) is 17.1 Å². The molecule has 3 heterocycles. The molecule has 0 N–H and O–H groups in total. The number of nitrogens with zero attached hydrogens (tertiary/aromatic N) is 3. The third-order valence-electron chi connectivity index (χ3n) is 14.0. The first-order chi connectivity index (χ1) is 35.6. The predicted molar refractivity (Wildman–Crippen MR) is 301 cm³/mol. The van der Waals surface area contributed by atoms with Crippen LogP contribution in [0.2, 0.25) is 0 Å². The van der Waals surface area contributed by atoms with Crippen LogP contribution in [0.3, 0.4) is 0 Å². The monoisotopic (exact) mass is 921 g/mol. The lowest BCUT2D eigenvalue weighted by Crippen LogP contribution is -1.99. The largest absolute Gasteiger partial charge is 0.256 e. The number of benzene rings is 9. The van der Waals surface area contributed by atoms with Crippen molar-refractivity contribution in [1.82, 2.24) is 15.0 Å². The van der Waals surface area contributed by atoms with Crippen molar-refractivity contribution in [3.8, 4) is 78.3 Å². The molecule has 0 unspecified atom stereocenters. The van der Waals surface area contributed by atoms with Crippen LogP contribution in [-0.4, -0.2) is 15.0 Å². The van der Waals surface area contributed by atoms with Gasteiger partial charge in [-0.3, -0.25) is 15.0 Å². The van der Waals surface area contributed by atoms with Gasteiger partial charge in [-0.2, -0.15) is 0 Å². The van der Waals surface area contributed by atoms with Crippen molar-refractivity contribution in [3.05, 3.63) is 283 Å². The van der Waals surface area contributed by atoms with Crippen LogP contribution in [-0.2, 0) is 25.7 Å². The average molecular weight is 922 g/mol. The molecule has 0 atom stereocenters. The molecule has 0 bridgehead atoms. The molecule has 0 saturated carbocycles. The van der Waals surface area contributed by atoms with E-state index in [1.54, 1.807) is 0 Å². The van der Waals surface area contributed by atoms with Gasteiger partial charge in [0.15, 0.2) is 0 Å². The summed E-state index contributed by atoms with van der Waals surface area (Å²) in [5.41, 5.74) is 20.6. The Labute approximate surface area is 421 Å². The molecule has 12 rings (SSSR count). The van der Waals surface area contributed by atoms with Gasteiger partial charge in [-0.05, 0) is 139 Å². The zero-order valence-corrected chi connectivity index (χ0v) is 40.0. The van der Waals surface area contributed by atoms with E-state index in [9.17, 15) is 0 Å². The minimum absolute atomic E-state index is 0.885. The van der Waals surface area contributed by atoms with Gasteiger partial charge in [0.1, 0.15) is 0 Å². The molecule has 0 radical (unpaired) electrons. The molecule has 3 nitrogen and oxygen atoms in total. The normalized spacial score (nSPS) is 11.3. The minimum Gasteiger partial charge on any atom is -0.256 e. The summed E-state index contributed by atoms with van der Waals surface area (Å²) in [6, 6.07) is 87.4. The zero-order chi connectivity index (χ0) is 48.1. The van der Waals surface area contributed by atoms with E-state index in [0.29, 0.717) is 0 Å². The van der Waals surface area contributed by atoms with Crippen LogP contribution in [0.4, 0.5) is 0 Å². The number of rotatable bonds is 13. The van der Waals surface area contributed by atoms with Gasteiger partial charge in [0, 0.05) is 40.8 Å². The lowest BCUT2D eigenvalue weighted by atomic mass is 9.87. The first kappa shape index (κ1) is 44.2. The molecular formula is C69H51N3. The average Bonchev–Trinajstić information content (AvgIpc) is 3.46. The van der Waals surface area contributed by atoms with Gasteiger partial charge in [-0.25, -0.2) is 0 Å². The third-order valence-corrected chi connectivity index (χ3v) is 14.0. The second kappa shape index (κ2) is 20.1. The maximum atomic E-state index is 5.28. The summed E-state index contributed by atoms with van der Waals surface area (Å²) >= 11 is 0. The van der Waals surface area contributed by atoms with Crippen molar-refractivity contribution < 1.29 is 0 Å². The van der Waals surface area contributed by atoms with E-state index in [2.05, 4.69) is 237 Å². The Morgan fingerprint density at radius 1 is 0.222 bits per heavy atom. The Morgan fingerprint density at radius 2 is 0.750 bits per heavy atom. The summed E-state index contributed by atoms with van der Waals surface area (Å²) in [5, 5.41) is 4.96. The Bertz CT molecular complexity index is 3720. The molecular weight excluding hydrogens is 871 g/mol. The first-order valence-corrected chi connectivity index (χ1v) is 25.0. The van der Waals surface area contributed by atoms with Gasteiger partial charge < -0.3 is 0 Å². The fraction of sp³-hybridized carbons (Fsp3) is 0.0580. The molecule has 3 aromatic heterocycles. The third kappa shape index (κ3) is 9.49. The fourth-order valence-corrected chi connectivity index (χ4v) is 10.2. The van der Waals surface area contributed by atoms with Crippen molar-refractivity contribution >= 4 is 21.5 Å². The van der Waals surface area contributed by atoms with Gasteiger partial charge in [-0.1, -0.05) is 212 Å². The first-order valence-electron chi connectivity index (χ1n) is 25.0. The number of aryl methyl sites for hydroxylation is 4. The topological polar surface area (TPSA) is 38.7 Å². The number of fused-ring (bicyclic) bond motifs is 3. The van der Waals surface area contributed by atoms with Crippen molar-refractivity contribution in [2.75, 3.05) is 0 Å². The molecule has 342 valence electrons. The van der Waals surface area contributed by atoms with Crippen LogP contribution in [0.5, 0.6) is 0 Å². The molecule has 9 aromatic carbocycles. The molecule has 0 aliphatic rings. The van der Waals surface area contributed by atoms with Gasteiger partial charge in [-0.15, -0.1) is 0 Å². The number of hydrogen-bond acceptors (Lipinski definition) is 3. The van der Waals surface area contributed by atoms with Crippen LogP contribution >= 0.6 is 0 Å². The highest BCUT2D eigenvalue weighted by atomic mass is 14.7. The quantitative estimate of drug-likeness (QED) is 0.108. The van der Waals surface area contributed by atoms with E-state index in [1.807, 2.05) is 24.5 Å². The standard InChI is InChI=1S/C69H51N3/c1-4-15-52(16-5-1)56-22-14-23-59(42-56)69-44-65(58-35-36-63-57(43-58)34-33-53-17-10-11-24-61(53)63)66(47-72-69)64-26-13-12-25-62(64)60-40-50(29-27-48-31-37-67(70-45-48)54-18-6-2-7-19-54)39-51(41-60)30-28-49-32-38-68(71-46-49)55-20-8-3-9-21-55/h1-26,31-47H,27-30H2. The summed E-state index contributed by atoms with van der Waals surface area (Å²) in [6.07, 6.45) is 9.73. The summed E-state index contributed by atoms with van der Waals surface area (Å²) in [5.74, 6) is 0. The Balaban J connectivity index is 0.941. The molecule has 0 amide bonds. The highest BCUT2D eigenvalue weighted by Gasteiger charge is 2.18. The number of aromatic nitrogens is 3. The summed E-state index contributed by atoms with van der Waals surface area (Å²) in [6.45, 7) is 0. The van der Waals surface area contributed by atoms with Gasteiger partial charge in [0.2, 0.25) is 0 Å². The van der Waals surface area contributed by atoms with Crippen molar-refractivity contribution in [1.29, 1.82) is 0 Å². The van der Waals surface area contributed by atoms with Gasteiger partial charge >= 0.3 is 0 Å². The summed E-state index contributed by atoms with van der Waals surface area (Å²) < 4.78 is 0. The maximum Gasteiger partial charge on any atom is 0.0708 e. The van der Waals surface area contributed by atoms with Crippen molar-refractivity contribution in [3.63, 3.8) is 0 Å². The highest BCUT2D eigenvalue weighted by molar-refractivity contribution is 6.09. The molecule has 72 heavy (non-hydrogen) atoms. The zero-order valence-electron chi connectivity index (χ0n) is 40.0. The SMILES string of the molecule is c1ccc(-c2cccc(-c3cc(-c4ccc5c(ccc6ccccc65)c4)c(-c4ccccc4-c4cc(CCc5ccc(-c6ccccc6)nc5)cc(CCc5ccc(-c6ccccc6)nc5)c4)cn3)c2)cc1. The van der Waals surface area contributed by atoms with Crippen LogP contribution in [0.15, 0.2) is 261 Å². The maximum absolute atomic E-state index is 5.28. The number of pyridine rings is 3. The van der Waals surface area contributed by atoms with Crippen LogP contribution in [0, 0.1) is 0 Å². The molecule has 12 aromatic rings. The lowest BCUT2D eigenvalue weighted by molar-refractivity contribution is 0.923. The molecule has 0 saturated heterocycles. The molecule has 0 fully saturated rings. The predicted octanol–water partition coefficient (Wildman–Crippen LogP) is 17.4. The highest BCUT2D eigenvalue weighted by Crippen LogP contribution is 2.42. The minimum atomic E-state index is 0.885. The summed E-state index contributed by atoms with van der Waals surface area (Å²) in [7, 11) is 0. The van der Waals surface area contributed by atoms with Crippen molar-refractivity contribution in [2.45, 2.75) is 25.7 Å².